The second-order valence-electron chi connectivity index (χ2n) is 8.43. The number of allylic oxidation sites excluding steroid dienone is 4. The van der Waals surface area contributed by atoms with E-state index in [-0.39, 0.29) is 0 Å². The fourth-order valence-electron chi connectivity index (χ4n) is 4.73. The first-order valence-electron chi connectivity index (χ1n) is 11.1. The summed E-state index contributed by atoms with van der Waals surface area (Å²) in [6, 6.07) is 21.0. The molecule has 2 heteroatoms. The van der Waals surface area contributed by atoms with E-state index in [1.54, 1.807) is 5.57 Å². The van der Waals surface area contributed by atoms with Gasteiger partial charge in [0.2, 0.25) is 0 Å². The highest BCUT2D eigenvalue weighted by molar-refractivity contribution is 5.94. The third-order valence-corrected chi connectivity index (χ3v) is 6.43. The van der Waals surface area contributed by atoms with Gasteiger partial charge in [-0.15, -0.1) is 0 Å². The molecule has 0 fully saturated rings. The number of rotatable bonds is 1. The molecule has 2 aliphatic rings. The molecular weight excluding hydrogens is 378 g/mol. The molecule has 0 amide bonds. The predicted molar refractivity (Wildman–Crippen MR) is 130 cm³/mol. The minimum atomic E-state index is -0.404. The molecule has 6 rings (SSSR count). The number of benzene rings is 3. The van der Waals surface area contributed by atoms with E-state index in [0.29, 0.717) is 0 Å². The van der Waals surface area contributed by atoms with Gasteiger partial charge in [-0.3, -0.25) is 4.98 Å². The Morgan fingerprint density at radius 3 is 2.55 bits per heavy atom. The highest BCUT2D eigenvalue weighted by Crippen LogP contribution is 2.40. The molecule has 1 atom stereocenters. The standard InChI is InChI=1S/C20H20O.C9H7N/c1-13(21)16-7-6-15-9-10-18-17-5-3-2-4-14(17)8-11-19(18)20(15)12-16;1-2-4-9-7-10-6-5-8(9)3-1/h3,5-7,9-10,12-13,21H,2,4,8,11H2,1H3;1-7H. The van der Waals surface area contributed by atoms with Crippen LogP contribution in [-0.2, 0) is 6.42 Å². The van der Waals surface area contributed by atoms with Crippen LogP contribution in [0.5, 0.6) is 0 Å². The lowest BCUT2D eigenvalue weighted by Crippen LogP contribution is -2.07. The van der Waals surface area contributed by atoms with Gasteiger partial charge in [-0.05, 0) is 88.5 Å². The maximum atomic E-state index is 9.85. The Morgan fingerprint density at radius 2 is 1.71 bits per heavy atom. The summed E-state index contributed by atoms with van der Waals surface area (Å²) in [5, 5.41) is 14.9. The molecule has 0 saturated carbocycles. The van der Waals surface area contributed by atoms with Crippen molar-refractivity contribution in [1.29, 1.82) is 0 Å². The topological polar surface area (TPSA) is 33.1 Å². The molecule has 3 aromatic carbocycles. The van der Waals surface area contributed by atoms with Crippen LogP contribution in [0.15, 0.2) is 90.8 Å². The Bertz CT molecular complexity index is 1250. The number of pyridine rings is 1. The van der Waals surface area contributed by atoms with Gasteiger partial charge < -0.3 is 5.11 Å². The number of aliphatic hydroxyl groups is 1. The maximum absolute atomic E-state index is 9.85. The minimum Gasteiger partial charge on any atom is -0.389 e. The summed E-state index contributed by atoms with van der Waals surface area (Å²) in [6.07, 6.45) is 12.6. The number of hydrogen-bond donors (Lipinski definition) is 1. The van der Waals surface area contributed by atoms with Crippen molar-refractivity contribution in [2.24, 2.45) is 0 Å². The molecule has 2 nitrogen and oxygen atoms in total. The van der Waals surface area contributed by atoms with Crippen LogP contribution in [0.2, 0.25) is 0 Å². The number of fused-ring (bicyclic) bond motifs is 5. The second kappa shape index (κ2) is 8.49. The highest BCUT2D eigenvalue weighted by atomic mass is 16.3. The van der Waals surface area contributed by atoms with Gasteiger partial charge in [0.05, 0.1) is 6.10 Å². The van der Waals surface area contributed by atoms with Crippen molar-refractivity contribution in [3.63, 3.8) is 0 Å². The summed E-state index contributed by atoms with van der Waals surface area (Å²) in [5.74, 6) is 0. The zero-order valence-corrected chi connectivity index (χ0v) is 17.9. The Morgan fingerprint density at radius 1 is 0.871 bits per heavy atom. The number of aliphatic hydroxyl groups excluding tert-OH is 1. The van der Waals surface area contributed by atoms with E-state index >= 15 is 0 Å². The average Bonchev–Trinajstić information content (AvgIpc) is 2.83. The molecule has 154 valence electrons. The number of hydrogen-bond acceptors (Lipinski definition) is 2. The molecular formula is C29H27NO. The van der Waals surface area contributed by atoms with Gasteiger partial charge in [0, 0.05) is 12.4 Å². The van der Waals surface area contributed by atoms with Crippen molar-refractivity contribution in [3.05, 3.63) is 107 Å². The van der Waals surface area contributed by atoms with Gasteiger partial charge in [-0.1, -0.05) is 66.3 Å². The lowest BCUT2D eigenvalue weighted by Gasteiger charge is -2.25. The van der Waals surface area contributed by atoms with Crippen LogP contribution >= 0.6 is 0 Å². The average molecular weight is 406 g/mol. The summed E-state index contributed by atoms with van der Waals surface area (Å²) in [5.41, 5.74) is 6.94. The summed E-state index contributed by atoms with van der Waals surface area (Å²) >= 11 is 0. The van der Waals surface area contributed by atoms with Crippen molar-refractivity contribution < 1.29 is 5.11 Å². The molecule has 0 spiro atoms. The molecule has 4 aromatic rings. The third kappa shape index (κ3) is 3.92. The lowest BCUT2D eigenvalue weighted by molar-refractivity contribution is 0.199. The normalized spacial score (nSPS) is 15.8. The van der Waals surface area contributed by atoms with E-state index < -0.39 is 6.10 Å². The van der Waals surface area contributed by atoms with Gasteiger partial charge in [0.15, 0.2) is 0 Å². The Labute approximate surface area is 183 Å². The first kappa shape index (κ1) is 19.7. The van der Waals surface area contributed by atoms with E-state index in [1.807, 2.05) is 43.6 Å². The quantitative estimate of drug-likeness (QED) is 0.364. The minimum absolute atomic E-state index is 0.404. The largest absolute Gasteiger partial charge is 0.389 e. The van der Waals surface area contributed by atoms with Crippen LogP contribution < -0.4 is 0 Å². The second-order valence-corrected chi connectivity index (χ2v) is 8.43. The molecule has 31 heavy (non-hydrogen) atoms. The van der Waals surface area contributed by atoms with E-state index in [1.165, 1.54) is 57.5 Å². The molecule has 0 radical (unpaired) electrons. The van der Waals surface area contributed by atoms with E-state index in [2.05, 4.69) is 53.5 Å². The van der Waals surface area contributed by atoms with Crippen LogP contribution in [0.1, 0.15) is 49.0 Å². The highest BCUT2D eigenvalue weighted by Gasteiger charge is 2.20. The van der Waals surface area contributed by atoms with Gasteiger partial charge in [0.1, 0.15) is 0 Å². The van der Waals surface area contributed by atoms with E-state index in [0.717, 1.165) is 12.0 Å². The van der Waals surface area contributed by atoms with E-state index in [4.69, 9.17) is 0 Å². The molecule has 0 bridgehead atoms. The van der Waals surface area contributed by atoms with Gasteiger partial charge in [-0.25, -0.2) is 0 Å². The monoisotopic (exact) mass is 405 g/mol. The van der Waals surface area contributed by atoms with Gasteiger partial charge >= 0.3 is 0 Å². The number of aryl methyl sites for hydroxylation is 1. The Kier molecular flexibility index (Phi) is 5.40. The van der Waals surface area contributed by atoms with Crippen LogP contribution in [0, 0.1) is 0 Å². The molecule has 0 saturated heterocycles. The van der Waals surface area contributed by atoms with Crippen molar-refractivity contribution in [3.8, 4) is 0 Å². The zero-order valence-electron chi connectivity index (χ0n) is 17.9. The van der Waals surface area contributed by atoms with Crippen LogP contribution in [0.4, 0.5) is 0 Å². The van der Waals surface area contributed by atoms with E-state index in [9.17, 15) is 5.11 Å². The summed E-state index contributed by atoms with van der Waals surface area (Å²) < 4.78 is 0. The Balaban J connectivity index is 0.000000171. The first-order chi connectivity index (χ1) is 15.2. The Hall–Kier alpha value is -3.23. The smallest absolute Gasteiger partial charge is 0.0762 e. The molecule has 1 heterocycles. The zero-order chi connectivity index (χ0) is 21.2. The lowest BCUT2D eigenvalue weighted by atomic mass is 9.79. The fourth-order valence-corrected chi connectivity index (χ4v) is 4.73. The SMILES string of the molecule is CC(O)c1ccc2ccc3c(c2c1)CCC1=C3C=CCC1.c1ccc2cnccc2c1. The molecule has 0 aliphatic heterocycles. The predicted octanol–water partition coefficient (Wildman–Crippen LogP) is 7.18. The van der Waals surface area contributed by atoms with Crippen molar-refractivity contribution in [2.75, 3.05) is 0 Å². The summed E-state index contributed by atoms with van der Waals surface area (Å²) in [6.45, 7) is 1.83. The molecule has 1 aromatic heterocycles. The van der Waals surface area contributed by atoms with Crippen LogP contribution in [0.25, 0.3) is 27.1 Å². The first-order valence-corrected chi connectivity index (χ1v) is 11.1. The molecule has 2 aliphatic carbocycles. The van der Waals surface area contributed by atoms with Gasteiger partial charge in [0.25, 0.3) is 0 Å². The number of nitrogens with zero attached hydrogens (tertiary/aromatic N) is 1. The van der Waals surface area contributed by atoms with Crippen LogP contribution in [-0.4, -0.2) is 10.1 Å². The fraction of sp³-hybridized carbons (Fsp3) is 0.207. The van der Waals surface area contributed by atoms with Gasteiger partial charge in [-0.2, -0.15) is 0 Å². The summed E-state index contributed by atoms with van der Waals surface area (Å²) in [7, 11) is 0. The maximum Gasteiger partial charge on any atom is 0.0762 e. The van der Waals surface area contributed by atoms with Crippen molar-refractivity contribution in [2.45, 2.75) is 38.7 Å². The summed E-state index contributed by atoms with van der Waals surface area (Å²) in [4.78, 5) is 4.01. The van der Waals surface area contributed by atoms with Crippen molar-refractivity contribution >= 4 is 27.1 Å². The number of aromatic nitrogens is 1. The van der Waals surface area contributed by atoms with Crippen LogP contribution in [0.3, 0.4) is 0 Å². The molecule has 1 N–H and O–H groups in total. The third-order valence-electron chi connectivity index (χ3n) is 6.43. The van der Waals surface area contributed by atoms with Crippen molar-refractivity contribution in [1.82, 2.24) is 4.98 Å². The molecule has 1 unspecified atom stereocenters.